The molecule has 1 unspecified atom stereocenters. The number of rotatable bonds is 3. The van der Waals surface area contributed by atoms with E-state index in [1.165, 1.54) is 0 Å². The van der Waals surface area contributed by atoms with Crippen LogP contribution in [0.1, 0.15) is 6.42 Å². The van der Waals surface area contributed by atoms with Crippen LogP contribution in [0.15, 0.2) is 0 Å². The SMILES string of the molecule is C[Si](C)(C)O[Si](C)(C)C1CC1(Cl)Cl. The van der Waals surface area contributed by atoms with Crippen molar-refractivity contribution in [1.29, 1.82) is 0 Å². The van der Waals surface area contributed by atoms with Crippen LogP contribution in [0.5, 0.6) is 0 Å². The van der Waals surface area contributed by atoms with Crippen LogP contribution in [-0.2, 0) is 4.12 Å². The maximum absolute atomic E-state index is 6.19. The smallest absolute Gasteiger partial charge is 0.179 e. The van der Waals surface area contributed by atoms with Gasteiger partial charge >= 0.3 is 0 Å². The molecule has 1 saturated carbocycles. The highest BCUT2D eigenvalue weighted by Gasteiger charge is 2.61. The first-order chi connectivity index (χ1) is 5.55. The molecule has 0 aliphatic heterocycles. The zero-order valence-electron chi connectivity index (χ0n) is 8.95. The molecule has 1 aliphatic rings. The molecule has 1 rings (SSSR count). The summed E-state index contributed by atoms with van der Waals surface area (Å²) in [4.78, 5) is 0. The van der Waals surface area contributed by atoms with Gasteiger partial charge in [0, 0.05) is 5.54 Å². The van der Waals surface area contributed by atoms with Gasteiger partial charge in [-0.05, 0) is 39.2 Å². The van der Waals surface area contributed by atoms with Crippen LogP contribution in [0.25, 0.3) is 0 Å². The molecule has 0 N–H and O–H groups in total. The minimum atomic E-state index is -1.64. The summed E-state index contributed by atoms with van der Waals surface area (Å²) in [7, 11) is -3.08. The largest absolute Gasteiger partial charge is 0.455 e. The van der Waals surface area contributed by atoms with Gasteiger partial charge in [-0.2, -0.15) is 0 Å². The molecule has 0 saturated heterocycles. The van der Waals surface area contributed by atoms with Crippen LogP contribution < -0.4 is 0 Å². The molecule has 0 aromatic heterocycles. The summed E-state index contributed by atoms with van der Waals surface area (Å²) in [5.74, 6) is 0. The molecule has 78 valence electrons. The van der Waals surface area contributed by atoms with E-state index in [0.717, 1.165) is 6.42 Å². The maximum atomic E-state index is 6.19. The van der Waals surface area contributed by atoms with Gasteiger partial charge in [-0.1, -0.05) is 0 Å². The fourth-order valence-electron chi connectivity index (χ4n) is 1.83. The van der Waals surface area contributed by atoms with E-state index in [0.29, 0.717) is 5.54 Å². The Morgan fingerprint density at radius 1 is 1.15 bits per heavy atom. The van der Waals surface area contributed by atoms with Crippen LogP contribution in [0, 0.1) is 0 Å². The van der Waals surface area contributed by atoms with E-state index in [4.69, 9.17) is 27.3 Å². The normalized spacial score (nSPS) is 27.5. The predicted molar refractivity (Wildman–Crippen MR) is 64.7 cm³/mol. The Morgan fingerprint density at radius 2 is 1.54 bits per heavy atom. The van der Waals surface area contributed by atoms with Crippen molar-refractivity contribution in [2.24, 2.45) is 0 Å². The van der Waals surface area contributed by atoms with Gasteiger partial charge in [-0.15, -0.1) is 23.2 Å². The second-order valence-electron chi connectivity index (χ2n) is 5.34. The summed E-state index contributed by atoms with van der Waals surface area (Å²) in [5.41, 5.74) is 0.426. The lowest BCUT2D eigenvalue weighted by Crippen LogP contribution is -2.43. The molecule has 1 aliphatic carbocycles. The Balaban J connectivity index is 2.58. The molecule has 0 amide bonds. The Labute approximate surface area is 93.0 Å². The summed E-state index contributed by atoms with van der Waals surface area (Å²) >= 11 is 12.1. The van der Waals surface area contributed by atoms with E-state index < -0.39 is 21.0 Å². The fourth-order valence-corrected chi connectivity index (χ4v) is 12.7. The van der Waals surface area contributed by atoms with Gasteiger partial charge in [0.1, 0.15) is 4.33 Å². The molecule has 1 fully saturated rings. The second-order valence-corrected chi connectivity index (χ2v) is 15.8. The summed E-state index contributed by atoms with van der Waals surface area (Å²) in [6, 6.07) is 0. The zero-order valence-corrected chi connectivity index (χ0v) is 12.5. The van der Waals surface area contributed by atoms with Gasteiger partial charge in [0.15, 0.2) is 16.6 Å². The quantitative estimate of drug-likeness (QED) is 0.548. The van der Waals surface area contributed by atoms with E-state index >= 15 is 0 Å². The monoisotopic (exact) mass is 256 g/mol. The van der Waals surface area contributed by atoms with Gasteiger partial charge in [-0.25, -0.2) is 0 Å². The number of hydrogen-bond acceptors (Lipinski definition) is 1. The maximum Gasteiger partial charge on any atom is 0.179 e. The van der Waals surface area contributed by atoms with Crippen molar-refractivity contribution in [3.63, 3.8) is 0 Å². The van der Waals surface area contributed by atoms with Crippen LogP contribution in [0.2, 0.25) is 38.3 Å². The Bertz CT molecular complexity index is 211. The van der Waals surface area contributed by atoms with E-state index in [9.17, 15) is 0 Å². The van der Waals surface area contributed by atoms with Crippen molar-refractivity contribution in [3.8, 4) is 0 Å². The molecule has 0 aromatic carbocycles. The standard InChI is InChI=1S/C8H18Cl2OSi2/c1-12(2,3)11-13(4,5)7-6-8(7,9)10/h7H,6H2,1-5H3. The van der Waals surface area contributed by atoms with Crippen molar-refractivity contribution in [1.82, 2.24) is 0 Å². The molecule has 1 nitrogen and oxygen atoms in total. The van der Waals surface area contributed by atoms with Gasteiger partial charge in [0.25, 0.3) is 0 Å². The molecule has 0 bridgehead atoms. The van der Waals surface area contributed by atoms with Crippen LogP contribution in [-0.4, -0.2) is 21.0 Å². The first-order valence-electron chi connectivity index (χ1n) is 4.63. The number of alkyl halides is 2. The molecule has 13 heavy (non-hydrogen) atoms. The highest BCUT2D eigenvalue weighted by molar-refractivity contribution is 6.87. The summed E-state index contributed by atoms with van der Waals surface area (Å²) in [5, 5.41) is 0. The highest BCUT2D eigenvalue weighted by Crippen LogP contribution is 2.63. The van der Waals surface area contributed by atoms with Gasteiger partial charge < -0.3 is 4.12 Å². The van der Waals surface area contributed by atoms with Gasteiger partial charge in [0.05, 0.1) is 0 Å². The Kier molecular flexibility index (Phi) is 3.00. The minimum Gasteiger partial charge on any atom is -0.455 e. The fraction of sp³-hybridized carbons (Fsp3) is 1.00. The summed E-state index contributed by atoms with van der Waals surface area (Å²) in [6.45, 7) is 11.1. The molecular weight excluding hydrogens is 239 g/mol. The van der Waals surface area contributed by atoms with Crippen LogP contribution in [0.4, 0.5) is 0 Å². The van der Waals surface area contributed by atoms with E-state index in [-0.39, 0.29) is 0 Å². The van der Waals surface area contributed by atoms with Crippen LogP contribution in [0.3, 0.4) is 0 Å². The molecule has 0 radical (unpaired) electrons. The first kappa shape index (κ1) is 12.0. The molecule has 1 atom stereocenters. The van der Waals surface area contributed by atoms with Crippen molar-refractivity contribution < 1.29 is 4.12 Å². The van der Waals surface area contributed by atoms with E-state index in [2.05, 4.69) is 32.7 Å². The van der Waals surface area contributed by atoms with Crippen LogP contribution >= 0.6 is 23.2 Å². The van der Waals surface area contributed by atoms with Crippen molar-refractivity contribution >= 4 is 39.8 Å². The van der Waals surface area contributed by atoms with Crippen molar-refractivity contribution in [3.05, 3.63) is 0 Å². The third kappa shape index (κ3) is 3.24. The van der Waals surface area contributed by atoms with Crippen molar-refractivity contribution in [2.45, 2.75) is 49.0 Å². The third-order valence-electron chi connectivity index (χ3n) is 2.23. The molecule has 0 spiro atoms. The van der Waals surface area contributed by atoms with Gasteiger partial charge in [-0.3, -0.25) is 0 Å². The average Bonchev–Trinajstić information content (AvgIpc) is 2.33. The second kappa shape index (κ2) is 3.24. The Hall–Kier alpha value is 0.974. The first-order valence-corrected chi connectivity index (χ1v) is 11.8. The summed E-state index contributed by atoms with van der Waals surface area (Å²) in [6.07, 6.45) is 0.916. The minimum absolute atomic E-state index is 0.426. The highest BCUT2D eigenvalue weighted by atomic mass is 35.5. The molecule has 0 heterocycles. The number of hydrogen-bond donors (Lipinski definition) is 0. The van der Waals surface area contributed by atoms with Crippen molar-refractivity contribution in [2.75, 3.05) is 0 Å². The van der Waals surface area contributed by atoms with E-state index in [1.807, 2.05) is 0 Å². The lowest BCUT2D eigenvalue weighted by molar-refractivity contribution is 0.546. The molecule has 5 heteroatoms. The lowest BCUT2D eigenvalue weighted by atomic mass is 10.9. The zero-order chi connectivity index (χ0) is 10.5. The topological polar surface area (TPSA) is 9.23 Å². The van der Waals surface area contributed by atoms with Gasteiger partial charge in [0.2, 0.25) is 0 Å². The number of halogens is 2. The molecule has 0 aromatic rings. The Morgan fingerprint density at radius 3 is 1.77 bits per heavy atom. The predicted octanol–water partition coefficient (Wildman–Crippen LogP) is 3.99. The lowest BCUT2D eigenvalue weighted by Gasteiger charge is -2.32. The third-order valence-corrected chi connectivity index (χ3v) is 10.4. The summed E-state index contributed by atoms with van der Waals surface area (Å²) < 4.78 is 5.72. The molecular formula is C8H18Cl2OSi2. The van der Waals surface area contributed by atoms with E-state index in [1.54, 1.807) is 0 Å². The average molecular weight is 257 g/mol.